The molecule has 0 aromatic rings. The lowest BCUT2D eigenvalue weighted by Gasteiger charge is -2.41. The maximum atomic E-state index is 12.6. The molecule has 0 spiro atoms. The van der Waals surface area contributed by atoms with Crippen molar-refractivity contribution in [1.29, 1.82) is 0 Å². The van der Waals surface area contributed by atoms with Gasteiger partial charge in [0.05, 0.1) is 0 Å². The molecule has 2 atom stereocenters. The Morgan fingerprint density at radius 2 is 1.89 bits per heavy atom. The first kappa shape index (κ1) is 17.0. The molecule has 0 heterocycles. The monoisotopic (exact) mass is 331 g/mol. The summed E-state index contributed by atoms with van der Waals surface area (Å²) in [5.41, 5.74) is -0.0171. The molecule has 2 nitrogen and oxygen atoms in total. The average Bonchev–Trinajstić information content (AvgIpc) is 2.27. The van der Waals surface area contributed by atoms with E-state index in [9.17, 15) is 4.79 Å². The van der Waals surface area contributed by atoms with Crippen molar-refractivity contribution in [2.45, 2.75) is 65.8 Å². The molecule has 112 valence electrons. The molecule has 1 rings (SSSR count). The molecule has 1 saturated carbocycles. The van der Waals surface area contributed by atoms with Crippen LogP contribution in [0.2, 0.25) is 0 Å². The van der Waals surface area contributed by atoms with E-state index in [0.29, 0.717) is 17.8 Å². The van der Waals surface area contributed by atoms with E-state index in [-0.39, 0.29) is 17.4 Å². The highest BCUT2D eigenvalue weighted by Gasteiger charge is 2.37. The van der Waals surface area contributed by atoms with Gasteiger partial charge < -0.3 is 5.32 Å². The van der Waals surface area contributed by atoms with E-state index >= 15 is 0 Å². The first-order valence-electron chi connectivity index (χ1n) is 7.69. The molecule has 1 aliphatic rings. The van der Waals surface area contributed by atoms with Crippen molar-refractivity contribution in [2.24, 2.45) is 23.7 Å². The number of alkyl halides is 1. The third-order valence-corrected chi connectivity index (χ3v) is 5.55. The van der Waals surface area contributed by atoms with Crippen LogP contribution in [0.25, 0.3) is 0 Å². The molecule has 1 N–H and O–H groups in total. The van der Waals surface area contributed by atoms with E-state index < -0.39 is 0 Å². The van der Waals surface area contributed by atoms with Gasteiger partial charge in [-0.25, -0.2) is 0 Å². The predicted molar refractivity (Wildman–Crippen MR) is 85.5 cm³/mol. The second kappa shape index (κ2) is 7.10. The number of amides is 1. The van der Waals surface area contributed by atoms with Gasteiger partial charge in [0.1, 0.15) is 0 Å². The number of carbonyl (C=O) groups is 1. The number of hydrogen-bond donors (Lipinski definition) is 1. The fraction of sp³-hybridized carbons (Fsp3) is 0.938. The smallest absolute Gasteiger partial charge is 0.224 e. The maximum Gasteiger partial charge on any atom is 0.224 e. The van der Waals surface area contributed by atoms with E-state index in [4.69, 9.17) is 0 Å². The number of carbonyl (C=O) groups excluding carboxylic acids is 1. The van der Waals surface area contributed by atoms with Crippen molar-refractivity contribution in [3.63, 3.8) is 0 Å². The molecule has 0 aliphatic heterocycles. The molecule has 0 radical (unpaired) electrons. The highest BCUT2D eigenvalue weighted by atomic mass is 79.9. The lowest BCUT2D eigenvalue weighted by molar-refractivity contribution is -0.130. The van der Waals surface area contributed by atoms with E-state index in [1.165, 1.54) is 12.8 Å². The summed E-state index contributed by atoms with van der Waals surface area (Å²) in [4.78, 5) is 12.6. The lowest BCUT2D eigenvalue weighted by atomic mass is 9.76. The molecule has 2 unspecified atom stereocenters. The van der Waals surface area contributed by atoms with Crippen molar-refractivity contribution in [1.82, 2.24) is 5.32 Å². The number of nitrogens with one attached hydrogen (secondary N) is 1. The Hall–Kier alpha value is -0.0500. The van der Waals surface area contributed by atoms with Gasteiger partial charge in [-0.2, -0.15) is 0 Å². The van der Waals surface area contributed by atoms with Crippen LogP contribution < -0.4 is 5.32 Å². The topological polar surface area (TPSA) is 29.1 Å². The van der Waals surface area contributed by atoms with Crippen molar-refractivity contribution < 1.29 is 4.79 Å². The zero-order valence-electron chi connectivity index (χ0n) is 13.1. The highest BCUT2D eigenvalue weighted by Crippen LogP contribution is 2.34. The standard InChI is InChI=1S/C16H30BrNO/c1-11(2)14(12(3)4)15(19)18-16(10-17)8-6-7-13(5)9-16/h11-14H,6-10H2,1-5H3,(H,18,19). The number of halogens is 1. The van der Waals surface area contributed by atoms with Crippen molar-refractivity contribution >= 4 is 21.8 Å². The summed E-state index contributed by atoms with van der Waals surface area (Å²) < 4.78 is 0. The lowest BCUT2D eigenvalue weighted by Crippen LogP contribution is -2.55. The van der Waals surface area contributed by atoms with Gasteiger partial charge in [-0.15, -0.1) is 0 Å². The Bertz CT molecular complexity index is 295. The quantitative estimate of drug-likeness (QED) is 0.744. The molecular weight excluding hydrogens is 302 g/mol. The van der Waals surface area contributed by atoms with Crippen LogP contribution in [0.15, 0.2) is 0 Å². The zero-order valence-corrected chi connectivity index (χ0v) is 14.7. The van der Waals surface area contributed by atoms with E-state index in [0.717, 1.165) is 18.2 Å². The molecule has 1 aliphatic carbocycles. The minimum absolute atomic E-state index is 0.0171. The van der Waals surface area contributed by atoms with Crippen LogP contribution in [0.3, 0.4) is 0 Å². The predicted octanol–water partition coefficient (Wildman–Crippen LogP) is 4.37. The molecule has 1 fully saturated rings. The van der Waals surface area contributed by atoms with Crippen molar-refractivity contribution in [3.05, 3.63) is 0 Å². The Morgan fingerprint density at radius 1 is 1.32 bits per heavy atom. The molecule has 19 heavy (non-hydrogen) atoms. The van der Waals surface area contributed by atoms with E-state index in [1.54, 1.807) is 0 Å². The average molecular weight is 332 g/mol. The van der Waals surface area contributed by atoms with Crippen LogP contribution in [-0.4, -0.2) is 16.8 Å². The number of hydrogen-bond acceptors (Lipinski definition) is 1. The second-order valence-corrected chi connectivity index (χ2v) is 7.68. The minimum Gasteiger partial charge on any atom is -0.350 e. The SMILES string of the molecule is CC1CCCC(CBr)(NC(=O)C(C(C)C)C(C)C)C1. The molecule has 0 saturated heterocycles. The van der Waals surface area contributed by atoms with Crippen LogP contribution in [0, 0.1) is 23.7 Å². The Labute approximate surface area is 127 Å². The van der Waals surface area contributed by atoms with Crippen molar-refractivity contribution in [3.8, 4) is 0 Å². The van der Waals surface area contributed by atoms with Gasteiger partial charge in [0.2, 0.25) is 5.91 Å². The zero-order chi connectivity index (χ0) is 14.6. The molecule has 1 amide bonds. The van der Waals surface area contributed by atoms with Crippen LogP contribution in [-0.2, 0) is 4.79 Å². The van der Waals surface area contributed by atoms with Gasteiger partial charge in [-0.1, -0.05) is 63.4 Å². The van der Waals surface area contributed by atoms with Crippen LogP contribution >= 0.6 is 15.9 Å². The third-order valence-electron chi connectivity index (χ3n) is 4.47. The summed E-state index contributed by atoms with van der Waals surface area (Å²) in [5.74, 6) is 1.87. The summed E-state index contributed by atoms with van der Waals surface area (Å²) in [5, 5.41) is 4.26. The van der Waals surface area contributed by atoms with E-state index in [1.807, 2.05) is 0 Å². The maximum absolute atomic E-state index is 12.6. The molecule has 0 bridgehead atoms. The van der Waals surface area contributed by atoms with Crippen LogP contribution in [0.1, 0.15) is 60.3 Å². The van der Waals surface area contributed by atoms with Gasteiger partial charge >= 0.3 is 0 Å². The van der Waals surface area contributed by atoms with Crippen LogP contribution in [0.4, 0.5) is 0 Å². The largest absolute Gasteiger partial charge is 0.350 e. The Kier molecular flexibility index (Phi) is 6.35. The van der Waals surface area contributed by atoms with Gasteiger partial charge in [-0.3, -0.25) is 4.79 Å². The fourth-order valence-corrected chi connectivity index (χ4v) is 4.30. The molecule has 0 aromatic heterocycles. The van der Waals surface area contributed by atoms with Crippen LogP contribution in [0.5, 0.6) is 0 Å². The number of rotatable bonds is 5. The van der Waals surface area contributed by atoms with Gasteiger partial charge in [0.15, 0.2) is 0 Å². The summed E-state index contributed by atoms with van der Waals surface area (Å²) >= 11 is 3.63. The summed E-state index contributed by atoms with van der Waals surface area (Å²) in [6.07, 6.45) is 4.73. The van der Waals surface area contributed by atoms with Crippen molar-refractivity contribution in [2.75, 3.05) is 5.33 Å². The summed E-state index contributed by atoms with van der Waals surface area (Å²) in [6.45, 7) is 10.9. The van der Waals surface area contributed by atoms with E-state index in [2.05, 4.69) is 55.9 Å². The van der Waals surface area contributed by atoms with Gasteiger partial charge in [0, 0.05) is 16.8 Å². The fourth-order valence-electron chi connectivity index (χ4n) is 3.65. The first-order valence-corrected chi connectivity index (χ1v) is 8.81. The van der Waals surface area contributed by atoms with Gasteiger partial charge in [0.25, 0.3) is 0 Å². The molecular formula is C16H30BrNO. The molecule has 3 heteroatoms. The first-order chi connectivity index (χ1) is 8.81. The summed E-state index contributed by atoms with van der Waals surface area (Å²) in [7, 11) is 0. The molecule has 0 aromatic carbocycles. The Balaban J connectivity index is 2.76. The Morgan fingerprint density at radius 3 is 2.32 bits per heavy atom. The third kappa shape index (κ3) is 4.47. The van der Waals surface area contributed by atoms with Gasteiger partial charge in [-0.05, 0) is 30.6 Å². The minimum atomic E-state index is -0.0171. The highest BCUT2D eigenvalue weighted by molar-refractivity contribution is 9.09. The normalized spacial score (nSPS) is 28.2. The second-order valence-electron chi connectivity index (χ2n) is 7.12. The summed E-state index contributed by atoms with van der Waals surface area (Å²) in [6, 6.07) is 0.